The van der Waals surface area contributed by atoms with E-state index in [1.807, 2.05) is 0 Å². The van der Waals surface area contributed by atoms with Crippen molar-refractivity contribution in [1.82, 2.24) is 19.7 Å². The maximum atomic E-state index is 13.8. The van der Waals surface area contributed by atoms with Gasteiger partial charge in [0.2, 0.25) is 0 Å². The number of aliphatic imine (C=N–C) groups is 1. The molecule has 3 aromatic rings. The molecule has 1 aliphatic rings. The Labute approximate surface area is 230 Å². The highest BCUT2D eigenvalue weighted by molar-refractivity contribution is 7.52. The molecule has 0 aliphatic carbocycles. The Kier molecular flexibility index (Phi) is 8.88. The molecule has 40 heavy (non-hydrogen) atoms. The molecule has 1 aliphatic heterocycles. The van der Waals surface area contributed by atoms with Crippen LogP contribution in [-0.4, -0.2) is 81.1 Å². The second-order valence-electron chi connectivity index (χ2n) is 9.47. The summed E-state index contributed by atoms with van der Waals surface area (Å²) in [6.07, 6.45) is -2.05. The van der Waals surface area contributed by atoms with Gasteiger partial charge in [0, 0.05) is 13.3 Å². The fourth-order valence-corrected chi connectivity index (χ4v) is 5.81. The third-order valence-electron chi connectivity index (χ3n) is 6.13. The lowest BCUT2D eigenvalue weighted by Gasteiger charge is -2.28. The predicted octanol–water partition coefficient (Wildman–Crippen LogP) is 1.46. The highest BCUT2D eigenvalue weighted by Crippen LogP contribution is 2.47. The molecule has 0 saturated carbocycles. The van der Waals surface area contributed by atoms with Crippen molar-refractivity contribution in [2.75, 3.05) is 19.4 Å². The van der Waals surface area contributed by atoms with E-state index >= 15 is 0 Å². The number of hydrogen-bond acceptors (Lipinski definition) is 12. The largest absolute Gasteiger partial charge is 0.462 e. The molecule has 15 heteroatoms. The summed E-state index contributed by atoms with van der Waals surface area (Å²) >= 11 is 0. The standard InChI is InChI=1S/C25H33N6O8P/c1-15(2)37-24(34)16(3)30-40(35,39-17-8-6-5-7-9-17)36-12-19-21(32)22(33)25(38-19,13-27-4)20-11-10-18-23(26)28-14-29-31(18)20/h5-11,13-16,19,21-22,32-33H,12H2,1-4H3,(H,30,35)(H2,26,28,29)/t16-,19+,21+,22+,25-,40?/m0/s1. The Morgan fingerprint density at radius 3 is 2.67 bits per heavy atom. The molecule has 1 saturated heterocycles. The maximum Gasteiger partial charge on any atom is 0.459 e. The molecule has 216 valence electrons. The quantitative estimate of drug-likeness (QED) is 0.146. The van der Waals surface area contributed by atoms with Crippen LogP contribution in [0.15, 0.2) is 53.8 Å². The van der Waals surface area contributed by atoms with Crippen LogP contribution >= 0.6 is 7.75 Å². The summed E-state index contributed by atoms with van der Waals surface area (Å²) in [6, 6.07) is 10.4. The van der Waals surface area contributed by atoms with Gasteiger partial charge < -0.3 is 29.9 Å². The molecule has 0 spiro atoms. The first-order chi connectivity index (χ1) is 19.0. The number of fused-ring (bicyclic) bond motifs is 1. The fourth-order valence-electron chi connectivity index (χ4n) is 4.31. The Morgan fingerprint density at radius 1 is 1.27 bits per heavy atom. The number of aromatic nitrogens is 3. The smallest absolute Gasteiger partial charge is 0.459 e. The number of aliphatic hydroxyl groups excluding tert-OH is 2. The fraction of sp³-hybridized carbons (Fsp3) is 0.440. The second kappa shape index (κ2) is 12.0. The topological polar surface area (TPSA) is 192 Å². The molecule has 0 bridgehead atoms. The Bertz CT molecular complexity index is 1400. The molecule has 1 aromatic carbocycles. The van der Waals surface area contributed by atoms with E-state index in [-0.39, 0.29) is 11.6 Å². The van der Waals surface area contributed by atoms with Crippen LogP contribution in [0.5, 0.6) is 5.75 Å². The number of aliphatic hydroxyl groups is 2. The Balaban J connectivity index is 1.60. The van der Waals surface area contributed by atoms with Gasteiger partial charge in [-0.15, -0.1) is 0 Å². The van der Waals surface area contributed by atoms with Gasteiger partial charge in [-0.05, 0) is 45.0 Å². The van der Waals surface area contributed by atoms with Crippen molar-refractivity contribution in [3.63, 3.8) is 0 Å². The molecular formula is C25H33N6O8P. The van der Waals surface area contributed by atoms with E-state index in [4.69, 9.17) is 24.3 Å². The van der Waals surface area contributed by atoms with Crippen LogP contribution in [0.4, 0.5) is 5.82 Å². The first-order valence-corrected chi connectivity index (χ1v) is 14.1. The number of para-hydroxylation sites is 1. The first-order valence-electron chi connectivity index (χ1n) is 12.5. The van der Waals surface area contributed by atoms with E-state index in [0.717, 1.165) is 0 Å². The number of nitrogen functional groups attached to an aromatic ring is 1. The molecule has 4 rings (SSSR count). The van der Waals surface area contributed by atoms with Crippen LogP contribution < -0.4 is 15.3 Å². The van der Waals surface area contributed by atoms with Gasteiger partial charge in [-0.2, -0.15) is 10.2 Å². The SMILES string of the molecule is CN=C[C@@]1(c2ccc3c(N)ncnn23)O[C@H](COP(=O)(N[C@@H](C)C(=O)OC(C)C)Oc2ccccc2)[C@@H](O)[C@H]1O. The molecule has 0 radical (unpaired) electrons. The molecular weight excluding hydrogens is 543 g/mol. The van der Waals surface area contributed by atoms with Crippen LogP contribution in [-0.2, 0) is 29.0 Å². The van der Waals surface area contributed by atoms with Gasteiger partial charge in [-0.1, -0.05) is 18.2 Å². The summed E-state index contributed by atoms with van der Waals surface area (Å²) < 4.78 is 37.9. The van der Waals surface area contributed by atoms with Crippen molar-refractivity contribution < 1.29 is 38.1 Å². The number of nitrogens with two attached hydrogens (primary N) is 1. The van der Waals surface area contributed by atoms with Crippen molar-refractivity contribution >= 4 is 31.3 Å². The third kappa shape index (κ3) is 6.02. The second-order valence-corrected chi connectivity index (χ2v) is 11.2. The lowest BCUT2D eigenvalue weighted by atomic mass is 9.92. The maximum absolute atomic E-state index is 13.8. The van der Waals surface area contributed by atoms with Crippen molar-refractivity contribution in [3.05, 3.63) is 54.5 Å². The number of nitrogens with zero attached hydrogens (tertiary/aromatic N) is 4. The average molecular weight is 577 g/mol. The van der Waals surface area contributed by atoms with E-state index < -0.39 is 56.4 Å². The van der Waals surface area contributed by atoms with Gasteiger partial charge in [-0.3, -0.25) is 14.3 Å². The van der Waals surface area contributed by atoms with E-state index in [2.05, 4.69) is 20.2 Å². The minimum Gasteiger partial charge on any atom is -0.462 e. The lowest BCUT2D eigenvalue weighted by molar-refractivity contribution is -0.149. The van der Waals surface area contributed by atoms with Gasteiger partial charge in [-0.25, -0.2) is 14.1 Å². The molecule has 6 atom stereocenters. The van der Waals surface area contributed by atoms with Gasteiger partial charge >= 0.3 is 13.7 Å². The summed E-state index contributed by atoms with van der Waals surface area (Å²) in [5.41, 5.74) is 5.07. The molecule has 1 fully saturated rings. The summed E-state index contributed by atoms with van der Waals surface area (Å²) in [4.78, 5) is 20.4. The predicted molar refractivity (Wildman–Crippen MR) is 145 cm³/mol. The summed E-state index contributed by atoms with van der Waals surface area (Å²) in [5, 5.41) is 29.0. The van der Waals surface area contributed by atoms with Gasteiger partial charge in [0.25, 0.3) is 0 Å². The van der Waals surface area contributed by atoms with Crippen LogP contribution in [0, 0.1) is 0 Å². The van der Waals surface area contributed by atoms with Crippen LogP contribution in [0.3, 0.4) is 0 Å². The number of rotatable bonds is 11. The van der Waals surface area contributed by atoms with Crippen molar-refractivity contribution in [2.45, 2.75) is 56.8 Å². The number of carbonyl (C=O) groups excluding carboxylic acids is 1. The van der Waals surface area contributed by atoms with Crippen molar-refractivity contribution in [3.8, 4) is 5.75 Å². The summed E-state index contributed by atoms with van der Waals surface area (Å²) in [7, 11) is -2.77. The molecule has 5 N–H and O–H groups in total. The molecule has 14 nitrogen and oxygen atoms in total. The Hall–Kier alpha value is -3.39. The highest BCUT2D eigenvalue weighted by atomic mass is 31.2. The van der Waals surface area contributed by atoms with Crippen LogP contribution in [0.1, 0.15) is 26.5 Å². The molecule has 3 heterocycles. The number of ether oxygens (including phenoxy) is 2. The molecule has 1 unspecified atom stereocenters. The van der Waals surface area contributed by atoms with E-state index in [1.54, 1.807) is 56.3 Å². The van der Waals surface area contributed by atoms with E-state index in [0.29, 0.717) is 11.2 Å². The van der Waals surface area contributed by atoms with Crippen LogP contribution in [0.2, 0.25) is 0 Å². The molecule has 2 aromatic heterocycles. The van der Waals surface area contributed by atoms with E-state index in [9.17, 15) is 19.6 Å². The molecule has 0 amide bonds. The summed E-state index contributed by atoms with van der Waals surface area (Å²) in [5.74, 6) is -0.254. The van der Waals surface area contributed by atoms with Crippen molar-refractivity contribution in [1.29, 1.82) is 0 Å². The van der Waals surface area contributed by atoms with Gasteiger partial charge in [0.15, 0.2) is 11.4 Å². The number of esters is 1. The third-order valence-corrected chi connectivity index (χ3v) is 7.77. The minimum absolute atomic E-state index is 0.202. The zero-order valence-corrected chi connectivity index (χ0v) is 23.3. The average Bonchev–Trinajstić information content (AvgIpc) is 3.45. The van der Waals surface area contributed by atoms with E-state index in [1.165, 1.54) is 31.0 Å². The highest BCUT2D eigenvalue weighted by Gasteiger charge is 2.56. The van der Waals surface area contributed by atoms with Crippen LogP contribution in [0.25, 0.3) is 5.52 Å². The van der Waals surface area contributed by atoms with Crippen molar-refractivity contribution in [2.24, 2.45) is 4.99 Å². The number of nitrogens with one attached hydrogen (secondary N) is 1. The number of hydrogen-bond donors (Lipinski definition) is 4. The first kappa shape index (κ1) is 29.6. The monoisotopic (exact) mass is 576 g/mol. The van der Waals surface area contributed by atoms with Gasteiger partial charge in [0.05, 0.1) is 18.4 Å². The lowest BCUT2D eigenvalue weighted by Crippen LogP contribution is -2.43. The zero-order chi connectivity index (χ0) is 29.1. The minimum atomic E-state index is -4.26. The Morgan fingerprint density at radius 2 is 2.00 bits per heavy atom. The number of anilines is 1. The summed E-state index contributed by atoms with van der Waals surface area (Å²) in [6.45, 7) is 4.33. The number of benzene rings is 1. The zero-order valence-electron chi connectivity index (χ0n) is 22.4. The number of carbonyl (C=O) groups is 1. The normalized spacial score (nSPS) is 25.3. The van der Waals surface area contributed by atoms with Gasteiger partial charge in [0.1, 0.15) is 41.9 Å².